The number of amides is 1. The van der Waals surface area contributed by atoms with E-state index in [9.17, 15) is 4.79 Å². The van der Waals surface area contributed by atoms with Gasteiger partial charge in [0.05, 0.1) is 21.3 Å². The van der Waals surface area contributed by atoms with Gasteiger partial charge in [-0.2, -0.15) is 0 Å². The van der Waals surface area contributed by atoms with Crippen LogP contribution in [-0.4, -0.2) is 70.9 Å². The number of anilines is 1. The van der Waals surface area contributed by atoms with Crippen molar-refractivity contribution in [1.82, 2.24) is 9.88 Å². The lowest BCUT2D eigenvalue weighted by Gasteiger charge is -2.22. The maximum absolute atomic E-state index is 13.1. The molecule has 0 saturated carbocycles. The molecular formula is C22H27N3O5S. The third-order valence-electron chi connectivity index (χ3n) is 4.61. The SMILES string of the molecule is COc1cccc(OCC(=O)N(CCN(C)C)c2nc3c(OC)ccc(OC)c3s2)c1. The van der Waals surface area contributed by atoms with Gasteiger partial charge in [0, 0.05) is 19.2 Å². The lowest BCUT2D eigenvalue weighted by molar-refractivity contribution is -0.120. The summed E-state index contributed by atoms with van der Waals surface area (Å²) in [6.45, 7) is 1.03. The Morgan fingerprint density at radius 2 is 1.68 bits per heavy atom. The number of carbonyl (C=O) groups is 1. The Bertz CT molecular complexity index is 996. The lowest BCUT2D eigenvalue weighted by atomic mass is 10.3. The summed E-state index contributed by atoms with van der Waals surface area (Å²) < 4.78 is 22.7. The van der Waals surface area contributed by atoms with Crippen molar-refractivity contribution in [1.29, 1.82) is 0 Å². The fourth-order valence-electron chi connectivity index (χ4n) is 2.93. The van der Waals surface area contributed by atoms with Crippen LogP contribution in [0.25, 0.3) is 10.2 Å². The van der Waals surface area contributed by atoms with E-state index in [-0.39, 0.29) is 12.5 Å². The summed E-state index contributed by atoms with van der Waals surface area (Å²) in [6, 6.07) is 10.8. The molecule has 0 fully saturated rings. The number of ether oxygens (including phenoxy) is 4. The molecule has 0 saturated heterocycles. The van der Waals surface area contributed by atoms with Crippen LogP contribution >= 0.6 is 11.3 Å². The highest BCUT2D eigenvalue weighted by Gasteiger charge is 2.23. The quantitative estimate of drug-likeness (QED) is 0.474. The van der Waals surface area contributed by atoms with E-state index in [1.54, 1.807) is 38.4 Å². The monoisotopic (exact) mass is 445 g/mol. The van der Waals surface area contributed by atoms with Gasteiger partial charge in [0.15, 0.2) is 11.7 Å². The van der Waals surface area contributed by atoms with Crippen molar-refractivity contribution in [2.45, 2.75) is 0 Å². The number of benzene rings is 2. The highest BCUT2D eigenvalue weighted by molar-refractivity contribution is 7.22. The molecule has 0 N–H and O–H groups in total. The first kappa shape index (κ1) is 22.6. The van der Waals surface area contributed by atoms with Crippen LogP contribution in [-0.2, 0) is 4.79 Å². The number of methoxy groups -OCH3 is 3. The molecule has 0 aliphatic carbocycles. The van der Waals surface area contributed by atoms with Gasteiger partial charge in [-0.25, -0.2) is 4.98 Å². The number of rotatable bonds is 10. The number of nitrogens with zero attached hydrogens (tertiary/aromatic N) is 3. The largest absolute Gasteiger partial charge is 0.497 e. The van der Waals surface area contributed by atoms with Crippen molar-refractivity contribution in [2.24, 2.45) is 0 Å². The zero-order valence-corrected chi connectivity index (χ0v) is 19.2. The summed E-state index contributed by atoms with van der Waals surface area (Å²) in [4.78, 5) is 21.5. The highest BCUT2D eigenvalue weighted by Crippen LogP contribution is 2.40. The maximum Gasteiger partial charge on any atom is 0.266 e. The third-order valence-corrected chi connectivity index (χ3v) is 5.70. The van der Waals surface area contributed by atoms with Crippen molar-refractivity contribution in [3.8, 4) is 23.0 Å². The fourth-order valence-corrected chi connectivity index (χ4v) is 4.05. The van der Waals surface area contributed by atoms with Gasteiger partial charge in [0.2, 0.25) is 0 Å². The van der Waals surface area contributed by atoms with Crippen LogP contribution in [0.2, 0.25) is 0 Å². The first-order chi connectivity index (χ1) is 15.0. The van der Waals surface area contributed by atoms with Crippen molar-refractivity contribution in [3.63, 3.8) is 0 Å². The van der Waals surface area contributed by atoms with Gasteiger partial charge in [0.25, 0.3) is 5.91 Å². The van der Waals surface area contributed by atoms with Crippen molar-refractivity contribution in [2.75, 3.05) is 60.0 Å². The Morgan fingerprint density at radius 1 is 0.968 bits per heavy atom. The Labute approximate surface area is 185 Å². The van der Waals surface area contributed by atoms with E-state index in [0.29, 0.717) is 46.7 Å². The van der Waals surface area contributed by atoms with Crippen molar-refractivity contribution >= 4 is 32.6 Å². The molecule has 9 heteroatoms. The topological polar surface area (TPSA) is 73.4 Å². The molecule has 3 aromatic rings. The molecule has 1 amide bonds. The van der Waals surface area contributed by atoms with Gasteiger partial charge in [-0.05, 0) is 38.4 Å². The number of fused-ring (bicyclic) bond motifs is 1. The van der Waals surface area contributed by atoms with Crippen LogP contribution < -0.4 is 23.8 Å². The number of carbonyl (C=O) groups excluding carboxylic acids is 1. The molecule has 0 aliphatic rings. The molecule has 0 aliphatic heterocycles. The van der Waals surface area contributed by atoms with Gasteiger partial charge in [0.1, 0.15) is 33.2 Å². The molecule has 0 radical (unpaired) electrons. The molecular weight excluding hydrogens is 418 g/mol. The molecule has 8 nitrogen and oxygen atoms in total. The number of hydrogen-bond donors (Lipinski definition) is 0. The molecule has 0 spiro atoms. The molecule has 1 heterocycles. The summed E-state index contributed by atoms with van der Waals surface area (Å²) in [6.07, 6.45) is 0. The van der Waals surface area contributed by atoms with Crippen LogP contribution in [0.1, 0.15) is 0 Å². The zero-order chi connectivity index (χ0) is 22.4. The van der Waals surface area contributed by atoms with Gasteiger partial charge in [-0.3, -0.25) is 9.69 Å². The summed E-state index contributed by atoms with van der Waals surface area (Å²) >= 11 is 1.39. The average molecular weight is 446 g/mol. The van der Waals surface area contributed by atoms with E-state index in [1.807, 2.05) is 43.3 Å². The maximum atomic E-state index is 13.1. The first-order valence-electron chi connectivity index (χ1n) is 9.70. The average Bonchev–Trinajstić information content (AvgIpc) is 3.22. The van der Waals surface area contributed by atoms with E-state index < -0.39 is 0 Å². The zero-order valence-electron chi connectivity index (χ0n) is 18.4. The number of thiazole rings is 1. The van der Waals surface area contributed by atoms with Gasteiger partial charge < -0.3 is 23.8 Å². The van der Waals surface area contributed by atoms with E-state index in [0.717, 1.165) is 4.70 Å². The van der Waals surface area contributed by atoms with Crippen LogP contribution in [0.3, 0.4) is 0 Å². The number of aromatic nitrogens is 1. The van der Waals surface area contributed by atoms with Gasteiger partial charge in [-0.1, -0.05) is 17.4 Å². The van der Waals surface area contributed by atoms with Crippen LogP contribution in [0.5, 0.6) is 23.0 Å². The van der Waals surface area contributed by atoms with Crippen molar-refractivity contribution < 1.29 is 23.7 Å². The minimum atomic E-state index is -0.193. The fraction of sp³-hybridized carbons (Fsp3) is 0.364. The molecule has 3 rings (SSSR count). The van der Waals surface area contributed by atoms with E-state index in [4.69, 9.17) is 23.9 Å². The van der Waals surface area contributed by atoms with E-state index in [1.165, 1.54) is 11.3 Å². The predicted molar refractivity (Wildman–Crippen MR) is 122 cm³/mol. The molecule has 0 bridgehead atoms. The van der Waals surface area contributed by atoms with E-state index in [2.05, 4.69) is 0 Å². The minimum Gasteiger partial charge on any atom is -0.497 e. The molecule has 2 aromatic carbocycles. The normalized spacial score (nSPS) is 10.9. The second-order valence-electron chi connectivity index (χ2n) is 6.96. The number of hydrogen-bond acceptors (Lipinski definition) is 8. The Hall–Kier alpha value is -3.04. The second kappa shape index (κ2) is 10.3. The molecule has 1 aromatic heterocycles. The molecule has 31 heavy (non-hydrogen) atoms. The minimum absolute atomic E-state index is 0.120. The Balaban J connectivity index is 1.88. The Kier molecular flexibility index (Phi) is 7.54. The highest BCUT2D eigenvalue weighted by atomic mass is 32.1. The summed E-state index contributed by atoms with van der Waals surface area (Å²) in [7, 11) is 8.71. The second-order valence-corrected chi connectivity index (χ2v) is 7.94. The van der Waals surface area contributed by atoms with Crippen LogP contribution in [0.15, 0.2) is 36.4 Å². The lowest BCUT2D eigenvalue weighted by Crippen LogP contribution is -2.39. The number of likely N-dealkylation sites (N-methyl/N-ethyl adjacent to an activating group) is 1. The van der Waals surface area contributed by atoms with Crippen LogP contribution in [0, 0.1) is 0 Å². The van der Waals surface area contributed by atoms with Gasteiger partial charge >= 0.3 is 0 Å². The molecule has 166 valence electrons. The summed E-state index contributed by atoms with van der Waals surface area (Å²) in [5.74, 6) is 2.35. The smallest absolute Gasteiger partial charge is 0.266 e. The van der Waals surface area contributed by atoms with Gasteiger partial charge in [-0.15, -0.1) is 0 Å². The summed E-state index contributed by atoms with van der Waals surface area (Å²) in [5.41, 5.74) is 0.665. The Morgan fingerprint density at radius 3 is 2.35 bits per heavy atom. The van der Waals surface area contributed by atoms with E-state index >= 15 is 0 Å². The standard InChI is InChI=1S/C22H27N3O5S/c1-24(2)11-12-25(19(26)14-30-16-8-6-7-15(13-16)27-3)22-23-20-17(28-4)9-10-18(29-5)21(20)31-22/h6-10,13H,11-12,14H2,1-5H3. The first-order valence-corrected chi connectivity index (χ1v) is 10.5. The molecule has 0 unspecified atom stereocenters. The third kappa shape index (κ3) is 5.36. The van der Waals surface area contributed by atoms with Crippen molar-refractivity contribution in [3.05, 3.63) is 36.4 Å². The van der Waals surface area contributed by atoms with Crippen LogP contribution in [0.4, 0.5) is 5.13 Å². The molecule has 0 atom stereocenters. The predicted octanol–water partition coefficient (Wildman–Crippen LogP) is 3.30. The summed E-state index contributed by atoms with van der Waals surface area (Å²) in [5, 5.41) is 0.568.